The van der Waals surface area contributed by atoms with Gasteiger partial charge in [-0.15, -0.1) is 0 Å². The topological polar surface area (TPSA) is 75.3 Å². The van der Waals surface area contributed by atoms with Crippen molar-refractivity contribution in [1.82, 2.24) is 10.0 Å². The number of aryl methyl sites for hydroxylation is 1. The average Bonchev–Trinajstić information content (AvgIpc) is 2.70. The smallest absolute Gasteiger partial charge is 0.240 e. The molecule has 0 saturated heterocycles. The monoisotopic (exact) mass is 430 g/mol. The minimum absolute atomic E-state index is 0.0134. The van der Waals surface area contributed by atoms with Crippen molar-refractivity contribution in [3.8, 4) is 0 Å². The van der Waals surface area contributed by atoms with Crippen molar-refractivity contribution in [1.29, 1.82) is 0 Å². The van der Waals surface area contributed by atoms with Crippen molar-refractivity contribution in [2.45, 2.75) is 63.8 Å². The standard InChI is InChI=1S/C24H34N2O3S/c1-17(2)23(19-10-12-20(13-11-19)24(3,4)5)26-22(27)16-9-18-7-14-21(15-8-18)30(28,29)25-6/h7-8,10-15,17,23,25H,9,16H2,1-6H3,(H,26,27). The molecule has 1 unspecified atom stereocenters. The van der Waals surface area contributed by atoms with Crippen LogP contribution in [-0.2, 0) is 26.7 Å². The zero-order valence-electron chi connectivity index (χ0n) is 18.8. The van der Waals surface area contributed by atoms with Crippen molar-refractivity contribution >= 4 is 15.9 Å². The molecule has 0 aliphatic carbocycles. The Labute approximate surface area is 181 Å². The molecule has 30 heavy (non-hydrogen) atoms. The van der Waals surface area contributed by atoms with Gasteiger partial charge in [-0.2, -0.15) is 0 Å². The van der Waals surface area contributed by atoms with E-state index in [2.05, 4.69) is 68.9 Å². The van der Waals surface area contributed by atoms with Crippen molar-refractivity contribution in [3.63, 3.8) is 0 Å². The summed E-state index contributed by atoms with van der Waals surface area (Å²) in [5.74, 6) is 0.251. The molecule has 0 heterocycles. The average molecular weight is 431 g/mol. The normalized spacial score (nSPS) is 13.3. The second-order valence-electron chi connectivity index (χ2n) is 9.01. The molecule has 0 spiro atoms. The van der Waals surface area contributed by atoms with Crippen LogP contribution in [0, 0.1) is 5.92 Å². The number of sulfonamides is 1. The minimum Gasteiger partial charge on any atom is -0.349 e. The number of carbonyl (C=O) groups is 1. The van der Waals surface area contributed by atoms with Crippen LogP contribution in [0.25, 0.3) is 0 Å². The SMILES string of the molecule is CNS(=O)(=O)c1ccc(CCC(=O)NC(c2ccc(C(C)(C)C)cc2)C(C)C)cc1. The van der Waals surface area contributed by atoms with E-state index in [1.807, 2.05) is 0 Å². The molecule has 1 amide bonds. The largest absolute Gasteiger partial charge is 0.349 e. The second kappa shape index (κ2) is 9.75. The van der Waals surface area contributed by atoms with E-state index >= 15 is 0 Å². The van der Waals surface area contributed by atoms with E-state index in [0.717, 1.165) is 11.1 Å². The molecular formula is C24H34N2O3S. The van der Waals surface area contributed by atoms with E-state index in [1.54, 1.807) is 24.3 Å². The summed E-state index contributed by atoms with van der Waals surface area (Å²) in [6.07, 6.45) is 0.904. The van der Waals surface area contributed by atoms with Gasteiger partial charge in [-0.1, -0.05) is 71.0 Å². The first-order valence-corrected chi connectivity index (χ1v) is 11.8. The van der Waals surface area contributed by atoms with Crippen LogP contribution in [0.3, 0.4) is 0 Å². The molecule has 6 heteroatoms. The van der Waals surface area contributed by atoms with Crippen LogP contribution < -0.4 is 10.0 Å². The highest BCUT2D eigenvalue weighted by atomic mass is 32.2. The predicted octanol–water partition coefficient (Wildman–Crippen LogP) is 4.34. The Balaban J connectivity index is 2.01. The van der Waals surface area contributed by atoms with Crippen LogP contribution in [0.1, 0.15) is 63.8 Å². The highest BCUT2D eigenvalue weighted by molar-refractivity contribution is 7.89. The van der Waals surface area contributed by atoms with Crippen LogP contribution in [-0.4, -0.2) is 21.4 Å². The molecule has 0 aliphatic heterocycles. The number of rotatable bonds is 8. The van der Waals surface area contributed by atoms with Gasteiger partial charge in [-0.3, -0.25) is 4.79 Å². The van der Waals surface area contributed by atoms with Gasteiger partial charge in [0, 0.05) is 6.42 Å². The zero-order valence-corrected chi connectivity index (χ0v) is 19.6. The predicted molar refractivity (Wildman–Crippen MR) is 122 cm³/mol. The van der Waals surface area contributed by atoms with Gasteiger partial charge in [0.25, 0.3) is 0 Å². The summed E-state index contributed by atoms with van der Waals surface area (Å²) in [4.78, 5) is 12.8. The van der Waals surface area contributed by atoms with Crippen LogP contribution in [0.4, 0.5) is 0 Å². The molecule has 1 atom stereocenters. The lowest BCUT2D eigenvalue weighted by atomic mass is 9.85. The first-order valence-electron chi connectivity index (χ1n) is 10.4. The van der Waals surface area contributed by atoms with Gasteiger partial charge in [0.2, 0.25) is 15.9 Å². The summed E-state index contributed by atoms with van der Waals surface area (Å²) >= 11 is 0. The summed E-state index contributed by atoms with van der Waals surface area (Å²) in [5.41, 5.74) is 3.39. The first-order chi connectivity index (χ1) is 13.9. The molecule has 0 bridgehead atoms. The molecule has 2 N–H and O–H groups in total. The van der Waals surface area contributed by atoms with Crippen molar-refractivity contribution in [3.05, 3.63) is 65.2 Å². The Kier molecular flexibility index (Phi) is 7.83. The van der Waals surface area contributed by atoms with Crippen molar-refractivity contribution in [2.24, 2.45) is 5.92 Å². The Morgan fingerprint density at radius 2 is 1.53 bits per heavy atom. The lowest BCUT2D eigenvalue weighted by molar-refractivity contribution is -0.122. The third kappa shape index (κ3) is 6.41. The summed E-state index contributed by atoms with van der Waals surface area (Å²) in [6, 6.07) is 15.1. The Morgan fingerprint density at radius 1 is 0.967 bits per heavy atom. The number of benzene rings is 2. The maximum atomic E-state index is 12.6. The lowest BCUT2D eigenvalue weighted by Crippen LogP contribution is -2.32. The summed E-state index contributed by atoms with van der Waals surface area (Å²) in [7, 11) is -2.06. The van der Waals surface area contributed by atoms with E-state index in [9.17, 15) is 13.2 Å². The van der Waals surface area contributed by atoms with Gasteiger partial charge < -0.3 is 5.32 Å². The van der Waals surface area contributed by atoms with Crippen LogP contribution in [0.15, 0.2) is 53.4 Å². The number of amides is 1. The fourth-order valence-electron chi connectivity index (χ4n) is 3.28. The Hall–Kier alpha value is -2.18. The molecule has 0 aromatic heterocycles. The van der Waals surface area contributed by atoms with Gasteiger partial charge in [0.1, 0.15) is 0 Å². The van der Waals surface area contributed by atoms with E-state index in [4.69, 9.17) is 0 Å². The van der Waals surface area contributed by atoms with E-state index in [1.165, 1.54) is 12.6 Å². The molecule has 164 valence electrons. The number of carbonyl (C=O) groups excluding carboxylic acids is 1. The molecule has 0 radical (unpaired) electrons. The highest BCUT2D eigenvalue weighted by Gasteiger charge is 2.20. The van der Waals surface area contributed by atoms with E-state index in [-0.39, 0.29) is 28.2 Å². The lowest BCUT2D eigenvalue weighted by Gasteiger charge is -2.25. The van der Waals surface area contributed by atoms with Crippen molar-refractivity contribution < 1.29 is 13.2 Å². The number of hydrogen-bond acceptors (Lipinski definition) is 3. The number of nitrogens with one attached hydrogen (secondary N) is 2. The number of hydrogen-bond donors (Lipinski definition) is 2. The van der Waals surface area contributed by atoms with Crippen LogP contribution >= 0.6 is 0 Å². The first kappa shape index (κ1) is 24.1. The van der Waals surface area contributed by atoms with Gasteiger partial charge >= 0.3 is 0 Å². The Bertz CT molecular complexity index is 941. The minimum atomic E-state index is -3.44. The fourth-order valence-corrected chi connectivity index (χ4v) is 4.01. The van der Waals surface area contributed by atoms with Crippen molar-refractivity contribution in [2.75, 3.05) is 7.05 Å². The van der Waals surface area contributed by atoms with E-state index in [0.29, 0.717) is 12.8 Å². The van der Waals surface area contributed by atoms with Gasteiger partial charge in [-0.05, 0) is 53.6 Å². The molecule has 2 aromatic carbocycles. The zero-order chi connectivity index (χ0) is 22.5. The molecule has 0 aliphatic rings. The third-order valence-corrected chi connectivity index (χ3v) is 6.69. The van der Waals surface area contributed by atoms with Gasteiger partial charge in [0.15, 0.2) is 0 Å². The molecule has 2 rings (SSSR count). The molecule has 2 aromatic rings. The summed E-state index contributed by atoms with van der Waals surface area (Å²) < 4.78 is 25.9. The fraction of sp³-hybridized carbons (Fsp3) is 0.458. The molecule has 0 fully saturated rings. The molecule has 0 saturated carbocycles. The highest BCUT2D eigenvalue weighted by Crippen LogP contribution is 2.27. The molecular weight excluding hydrogens is 396 g/mol. The molecule has 5 nitrogen and oxygen atoms in total. The van der Waals surface area contributed by atoms with Gasteiger partial charge in [-0.25, -0.2) is 13.1 Å². The summed E-state index contributed by atoms with van der Waals surface area (Å²) in [5, 5.41) is 3.16. The maximum Gasteiger partial charge on any atom is 0.240 e. The quantitative estimate of drug-likeness (QED) is 0.654. The van der Waals surface area contributed by atoms with Gasteiger partial charge in [0.05, 0.1) is 10.9 Å². The Morgan fingerprint density at radius 3 is 2.00 bits per heavy atom. The summed E-state index contributed by atoms with van der Waals surface area (Å²) in [6.45, 7) is 10.8. The van der Waals surface area contributed by atoms with Crippen LogP contribution in [0.5, 0.6) is 0 Å². The maximum absolute atomic E-state index is 12.6. The third-order valence-electron chi connectivity index (χ3n) is 5.26. The second-order valence-corrected chi connectivity index (χ2v) is 10.9. The van der Waals surface area contributed by atoms with E-state index < -0.39 is 10.0 Å². The van der Waals surface area contributed by atoms with Crippen LogP contribution in [0.2, 0.25) is 0 Å².